The highest BCUT2D eigenvalue weighted by Gasteiger charge is 2.28. The van der Waals surface area contributed by atoms with Crippen molar-refractivity contribution >= 4 is 12.0 Å². The highest BCUT2D eigenvalue weighted by molar-refractivity contribution is 5.80. The minimum atomic E-state index is -0.334. The predicted octanol–water partition coefficient (Wildman–Crippen LogP) is 2.42. The molecule has 0 radical (unpaired) electrons. The molecule has 1 aliphatic rings. The molecule has 1 saturated heterocycles. The summed E-state index contributed by atoms with van der Waals surface area (Å²) >= 11 is 0. The molecule has 1 N–H and O–H groups in total. The van der Waals surface area contributed by atoms with Crippen molar-refractivity contribution in [3.8, 4) is 0 Å². The third-order valence-corrected chi connectivity index (χ3v) is 4.78. The van der Waals surface area contributed by atoms with Gasteiger partial charge in [0.25, 0.3) is 0 Å². The number of carbonyl (C=O) groups is 2. The van der Waals surface area contributed by atoms with E-state index in [2.05, 4.69) is 10.4 Å². The zero-order chi connectivity index (χ0) is 19.1. The molecule has 1 fully saturated rings. The van der Waals surface area contributed by atoms with Crippen LogP contribution in [0.1, 0.15) is 30.9 Å². The third-order valence-electron chi connectivity index (χ3n) is 4.78. The number of piperidine rings is 1. The first-order valence-electron chi connectivity index (χ1n) is 9.41. The zero-order valence-corrected chi connectivity index (χ0v) is 15.6. The van der Waals surface area contributed by atoms with Crippen LogP contribution in [0.25, 0.3) is 0 Å². The van der Waals surface area contributed by atoms with Crippen LogP contribution >= 0.6 is 0 Å². The minimum absolute atomic E-state index is 0.0158. The number of likely N-dealkylation sites (tertiary alicyclic amines) is 1. The molecule has 1 unspecified atom stereocenters. The Morgan fingerprint density at radius 2 is 2.07 bits per heavy atom. The number of rotatable bonds is 6. The summed E-state index contributed by atoms with van der Waals surface area (Å²) in [6, 6.07) is 9.92. The largest absolute Gasteiger partial charge is 0.450 e. The van der Waals surface area contributed by atoms with Crippen LogP contribution in [-0.2, 0) is 22.6 Å². The topological polar surface area (TPSA) is 76.5 Å². The van der Waals surface area contributed by atoms with Crippen molar-refractivity contribution < 1.29 is 14.3 Å². The average Bonchev–Trinajstić information content (AvgIpc) is 3.20. The van der Waals surface area contributed by atoms with E-state index in [1.165, 1.54) is 0 Å². The monoisotopic (exact) mass is 370 g/mol. The second kappa shape index (κ2) is 9.21. The third kappa shape index (κ3) is 5.09. The molecule has 1 aromatic carbocycles. The highest BCUT2D eigenvalue weighted by Crippen LogP contribution is 2.18. The molecule has 0 spiro atoms. The normalized spacial score (nSPS) is 16.8. The van der Waals surface area contributed by atoms with Gasteiger partial charge in [0, 0.05) is 32.0 Å². The lowest BCUT2D eigenvalue weighted by molar-refractivity contribution is -0.126. The smallest absolute Gasteiger partial charge is 0.409 e. The second-order valence-electron chi connectivity index (χ2n) is 6.67. The van der Waals surface area contributed by atoms with Gasteiger partial charge in [-0.15, -0.1) is 0 Å². The number of hydrogen-bond acceptors (Lipinski definition) is 4. The quantitative estimate of drug-likeness (QED) is 0.847. The fourth-order valence-corrected chi connectivity index (χ4v) is 3.35. The first-order chi connectivity index (χ1) is 13.2. The van der Waals surface area contributed by atoms with E-state index in [0.717, 1.165) is 24.0 Å². The summed E-state index contributed by atoms with van der Waals surface area (Å²) in [4.78, 5) is 26.2. The lowest BCUT2D eigenvalue weighted by Gasteiger charge is -2.31. The SMILES string of the molecule is CCOC(=O)N1CCCC(C(=O)NCc2ccccc2Cn2cccn2)C1. The Kier molecular flexibility index (Phi) is 6.46. The predicted molar refractivity (Wildman–Crippen MR) is 101 cm³/mol. The number of amides is 2. The van der Waals surface area contributed by atoms with Gasteiger partial charge in [-0.05, 0) is 37.0 Å². The van der Waals surface area contributed by atoms with Crippen LogP contribution in [0.2, 0.25) is 0 Å². The van der Waals surface area contributed by atoms with Crippen molar-refractivity contribution in [2.24, 2.45) is 5.92 Å². The lowest BCUT2D eigenvalue weighted by Crippen LogP contribution is -2.45. The van der Waals surface area contributed by atoms with E-state index in [4.69, 9.17) is 4.74 Å². The molecular formula is C20H26N4O3. The fraction of sp³-hybridized carbons (Fsp3) is 0.450. The molecule has 0 bridgehead atoms. The van der Waals surface area contributed by atoms with E-state index < -0.39 is 0 Å². The first kappa shape index (κ1) is 18.9. The molecule has 2 heterocycles. The van der Waals surface area contributed by atoms with E-state index in [0.29, 0.717) is 32.8 Å². The molecule has 2 aromatic rings. The van der Waals surface area contributed by atoms with E-state index >= 15 is 0 Å². The van der Waals surface area contributed by atoms with E-state index in [9.17, 15) is 9.59 Å². The van der Waals surface area contributed by atoms with Crippen LogP contribution in [-0.4, -0.2) is 46.4 Å². The fourth-order valence-electron chi connectivity index (χ4n) is 3.35. The van der Waals surface area contributed by atoms with Crippen molar-refractivity contribution in [2.75, 3.05) is 19.7 Å². The molecule has 3 rings (SSSR count). The molecule has 1 aliphatic heterocycles. The molecule has 0 saturated carbocycles. The minimum Gasteiger partial charge on any atom is -0.450 e. The highest BCUT2D eigenvalue weighted by atomic mass is 16.6. The van der Waals surface area contributed by atoms with Crippen LogP contribution in [0.15, 0.2) is 42.7 Å². The average molecular weight is 370 g/mol. The van der Waals surface area contributed by atoms with Crippen molar-refractivity contribution in [3.63, 3.8) is 0 Å². The van der Waals surface area contributed by atoms with Gasteiger partial charge in [-0.3, -0.25) is 9.48 Å². The van der Waals surface area contributed by atoms with Gasteiger partial charge in [0.15, 0.2) is 0 Å². The van der Waals surface area contributed by atoms with Gasteiger partial charge in [0.2, 0.25) is 5.91 Å². The maximum atomic E-state index is 12.6. The number of ether oxygens (including phenoxy) is 1. The van der Waals surface area contributed by atoms with Gasteiger partial charge in [-0.2, -0.15) is 5.10 Å². The van der Waals surface area contributed by atoms with Gasteiger partial charge in [0.05, 0.1) is 19.1 Å². The number of hydrogen-bond donors (Lipinski definition) is 1. The van der Waals surface area contributed by atoms with Crippen molar-refractivity contribution in [1.29, 1.82) is 0 Å². The Balaban J connectivity index is 1.57. The molecular weight excluding hydrogens is 344 g/mol. The number of nitrogens with zero attached hydrogens (tertiary/aromatic N) is 3. The van der Waals surface area contributed by atoms with Crippen molar-refractivity contribution in [2.45, 2.75) is 32.9 Å². The summed E-state index contributed by atoms with van der Waals surface area (Å²) < 4.78 is 6.91. The summed E-state index contributed by atoms with van der Waals surface area (Å²) in [6.07, 6.45) is 4.94. The van der Waals surface area contributed by atoms with Gasteiger partial charge in [-0.25, -0.2) is 4.79 Å². The molecule has 7 heteroatoms. The van der Waals surface area contributed by atoms with Gasteiger partial charge in [0.1, 0.15) is 0 Å². The molecule has 27 heavy (non-hydrogen) atoms. The maximum Gasteiger partial charge on any atom is 0.409 e. The maximum absolute atomic E-state index is 12.6. The van der Waals surface area contributed by atoms with Crippen LogP contribution in [0, 0.1) is 5.92 Å². The number of nitrogens with one attached hydrogen (secondary N) is 1. The van der Waals surface area contributed by atoms with Gasteiger partial charge < -0.3 is 15.0 Å². The Labute approximate surface area is 159 Å². The van der Waals surface area contributed by atoms with Crippen molar-refractivity contribution in [1.82, 2.24) is 20.0 Å². The first-order valence-corrected chi connectivity index (χ1v) is 9.41. The molecule has 2 amide bonds. The lowest BCUT2D eigenvalue weighted by atomic mass is 9.97. The Bertz CT molecular complexity index is 760. The number of carbonyl (C=O) groups excluding carboxylic acids is 2. The van der Waals surface area contributed by atoms with Crippen LogP contribution in [0.5, 0.6) is 0 Å². The standard InChI is InChI=1S/C20H26N4O3/c1-2-27-20(26)23-11-5-9-18(14-23)19(25)21-13-16-7-3-4-8-17(16)15-24-12-6-10-22-24/h3-4,6-8,10,12,18H,2,5,9,11,13-15H2,1H3,(H,21,25). The Hall–Kier alpha value is -2.83. The van der Waals surface area contributed by atoms with Gasteiger partial charge >= 0.3 is 6.09 Å². The summed E-state index contributed by atoms with van der Waals surface area (Å²) in [7, 11) is 0. The van der Waals surface area contributed by atoms with Crippen LogP contribution in [0.4, 0.5) is 4.79 Å². The molecule has 1 aromatic heterocycles. The number of benzene rings is 1. The Morgan fingerprint density at radius 3 is 2.81 bits per heavy atom. The molecule has 1 atom stereocenters. The molecule has 7 nitrogen and oxygen atoms in total. The van der Waals surface area contributed by atoms with Gasteiger partial charge in [-0.1, -0.05) is 24.3 Å². The van der Waals surface area contributed by atoms with E-state index in [1.54, 1.807) is 18.0 Å². The van der Waals surface area contributed by atoms with E-state index in [-0.39, 0.29) is 17.9 Å². The number of aromatic nitrogens is 2. The molecule has 144 valence electrons. The summed E-state index contributed by atoms with van der Waals surface area (Å²) in [5.41, 5.74) is 2.19. The summed E-state index contributed by atoms with van der Waals surface area (Å²) in [5.74, 6) is -0.209. The zero-order valence-electron chi connectivity index (χ0n) is 15.6. The van der Waals surface area contributed by atoms with E-state index in [1.807, 2.05) is 41.2 Å². The second-order valence-corrected chi connectivity index (χ2v) is 6.67. The summed E-state index contributed by atoms with van der Waals surface area (Å²) in [6.45, 7) is 4.33. The van der Waals surface area contributed by atoms with Crippen molar-refractivity contribution in [3.05, 3.63) is 53.9 Å². The summed E-state index contributed by atoms with van der Waals surface area (Å²) in [5, 5.41) is 7.27. The van der Waals surface area contributed by atoms with Crippen LogP contribution < -0.4 is 5.32 Å². The molecule has 0 aliphatic carbocycles. The van der Waals surface area contributed by atoms with Crippen LogP contribution in [0.3, 0.4) is 0 Å². The Morgan fingerprint density at radius 1 is 1.26 bits per heavy atom.